The molecule has 5 heteroatoms. The van der Waals surface area contributed by atoms with E-state index >= 15 is 0 Å². The van der Waals surface area contributed by atoms with Crippen molar-refractivity contribution in [3.05, 3.63) is 47.5 Å². The van der Waals surface area contributed by atoms with Crippen molar-refractivity contribution in [3.63, 3.8) is 0 Å². The molecule has 2 aromatic carbocycles. The van der Waals surface area contributed by atoms with Gasteiger partial charge in [-0.1, -0.05) is 12.1 Å². The number of hydrogen-bond donors (Lipinski definition) is 3. The van der Waals surface area contributed by atoms with Gasteiger partial charge in [-0.15, -0.1) is 0 Å². The third kappa shape index (κ3) is 2.41. The molecule has 0 unspecified atom stereocenters. The second-order valence-electron chi connectivity index (χ2n) is 3.92. The quantitative estimate of drug-likeness (QED) is 0.707. The van der Waals surface area contributed by atoms with Gasteiger partial charge in [-0.05, 0) is 24.3 Å². The summed E-state index contributed by atoms with van der Waals surface area (Å²) < 4.78 is 0. The zero-order valence-corrected chi connectivity index (χ0v) is 10.0. The Morgan fingerprint density at radius 1 is 0.842 bits per heavy atom. The Morgan fingerprint density at radius 3 is 2.11 bits per heavy atom. The zero-order valence-electron chi connectivity index (χ0n) is 10.0. The number of nitrogens with one attached hydrogen (secondary N) is 1. The van der Waals surface area contributed by atoms with Crippen LogP contribution < -0.4 is 16.8 Å². The Bertz CT molecular complexity index is 707. The minimum absolute atomic E-state index is 0.256. The van der Waals surface area contributed by atoms with Crippen LogP contribution in [0.4, 0.5) is 22.7 Å². The first kappa shape index (κ1) is 12.3. The van der Waals surface area contributed by atoms with Gasteiger partial charge in [-0.25, -0.2) is 0 Å². The van der Waals surface area contributed by atoms with E-state index in [0.29, 0.717) is 22.7 Å². The van der Waals surface area contributed by atoms with Gasteiger partial charge >= 0.3 is 0 Å². The summed E-state index contributed by atoms with van der Waals surface area (Å²) in [7, 11) is 0. The maximum absolute atomic E-state index is 8.99. The molecule has 19 heavy (non-hydrogen) atoms. The molecular formula is C14H11N5. The van der Waals surface area contributed by atoms with E-state index in [1.54, 1.807) is 18.2 Å². The second-order valence-corrected chi connectivity index (χ2v) is 3.92. The Hall–Kier alpha value is -3.18. The number of nitrogens with two attached hydrogens (primary N) is 2. The number of para-hydroxylation sites is 2. The monoisotopic (exact) mass is 249 g/mol. The summed E-state index contributed by atoms with van der Waals surface area (Å²) in [6.45, 7) is 0. The van der Waals surface area contributed by atoms with Crippen LogP contribution in [0.25, 0.3) is 0 Å². The average Bonchev–Trinajstić information content (AvgIpc) is 2.42. The third-order valence-electron chi connectivity index (χ3n) is 2.66. The third-order valence-corrected chi connectivity index (χ3v) is 2.66. The lowest BCUT2D eigenvalue weighted by atomic mass is 10.1. The fourth-order valence-electron chi connectivity index (χ4n) is 1.67. The lowest BCUT2D eigenvalue weighted by Crippen LogP contribution is -2.01. The lowest BCUT2D eigenvalue weighted by molar-refractivity contribution is 1.42. The lowest BCUT2D eigenvalue weighted by Gasteiger charge is -2.12. The maximum atomic E-state index is 8.99. The van der Waals surface area contributed by atoms with Crippen molar-refractivity contribution >= 4 is 22.7 Å². The van der Waals surface area contributed by atoms with Crippen molar-refractivity contribution in [1.82, 2.24) is 0 Å². The Labute approximate surface area is 110 Å². The van der Waals surface area contributed by atoms with Crippen molar-refractivity contribution in [2.45, 2.75) is 0 Å². The molecule has 0 atom stereocenters. The van der Waals surface area contributed by atoms with Crippen LogP contribution in [0, 0.1) is 22.7 Å². The van der Waals surface area contributed by atoms with Crippen LogP contribution >= 0.6 is 0 Å². The molecule has 0 fully saturated rings. The first-order valence-corrected chi connectivity index (χ1v) is 5.51. The highest BCUT2D eigenvalue weighted by atomic mass is 14.9. The van der Waals surface area contributed by atoms with Crippen molar-refractivity contribution in [3.8, 4) is 12.1 Å². The summed E-state index contributed by atoms with van der Waals surface area (Å²) in [4.78, 5) is 0. The Morgan fingerprint density at radius 2 is 1.47 bits per heavy atom. The van der Waals surface area contributed by atoms with Crippen molar-refractivity contribution in [1.29, 1.82) is 10.5 Å². The fourth-order valence-corrected chi connectivity index (χ4v) is 1.67. The molecule has 0 amide bonds. The molecule has 0 aliphatic carbocycles. The first-order valence-electron chi connectivity index (χ1n) is 5.51. The van der Waals surface area contributed by atoms with E-state index in [4.69, 9.17) is 22.0 Å². The van der Waals surface area contributed by atoms with E-state index in [0.717, 1.165) is 0 Å². The van der Waals surface area contributed by atoms with Gasteiger partial charge in [0, 0.05) is 0 Å². The number of hydrogen-bond acceptors (Lipinski definition) is 5. The number of benzene rings is 2. The highest BCUT2D eigenvalue weighted by Gasteiger charge is 2.08. The van der Waals surface area contributed by atoms with E-state index in [2.05, 4.69) is 5.32 Å². The molecular weight excluding hydrogens is 238 g/mol. The van der Waals surface area contributed by atoms with Crippen LogP contribution in [0.2, 0.25) is 0 Å². The summed E-state index contributed by atoms with van der Waals surface area (Å²) in [5.74, 6) is 0. The molecule has 0 bridgehead atoms. The van der Waals surface area contributed by atoms with Crippen LogP contribution in [0.5, 0.6) is 0 Å². The second kappa shape index (κ2) is 4.99. The highest BCUT2D eigenvalue weighted by molar-refractivity contribution is 5.80. The molecule has 0 saturated heterocycles. The van der Waals surface area contributed by atoms with Gasteiger partial charge in [0.05, 0.1) is 33.9 Å². The first-order chi connectivity index (χ1) is 9.15. The summed E-state index contributed by atoms with van der Waals surface area (Å²) in [5.41, 5.74) is 14.4. The molecule has 0 heterocycles. The van der Waals surface area contributed by atoms with E-state index in [-0.39, 0.29) is 11.1 Å². The summed E-state index contributed by atoms with van der Waals surface area (Å²) >= 11 is 0. The molecule has 5 N–H and O–H groups in total. The molecule has 0 aliphatic rings. The summed E-state index contributed by atoms with van der Waals surface area (Å²) in [6, 6.07) is 14.1. The molecule has 0 spiro atoms. The van der Waals surface area contributed by atoms with E-state index < -0.39 is 0 Å². The van der Waals surface area contributed by atoms with Crippen LogP contribution in [0.3, 0.4) is 0 Å². The molecule has 0 radical (unpaired) electrons. The van der Waals surface area contributed by atoms with Gasteiger partial charge in [0.1, 0.15) is 12.1 Å². The minimum atomic E-state index is 0.256. The van der Waals surface area contributed by atoms with Gasteiger partial charge in [-0.3, -0.25) is 0 Å². The van der Waals surface area contributed by atoms with E-state index in [1.807, 2.05) is 24.3 Å². The molecule has 0 aliphatic heterocycles. The highest BCUT2D eigenvalue weighted by Crippen LogP contribution is 2.29. The predicted molar refractivity (Wildman–Crippen MR) is 74.4 cm³/mol. The van der Waals surface area contributed by atoms with Gasteiger partial charge < -0.3 is 16.8 Å². The smallest absolute Gasteiger partial charge is 0.101 e. The molecule has 0 aromatic heterocycles. The number of nitrogens with zero attached hydrogens (tertiary/aromatic N) is 2. The molecule has 92 valence electrons. The molecule has 5 nitrogen and oxygen atoms in total. The molecule has 2 rings (SSSR count). The van der Waals surface area contributed by atoms with E-state index in [9.17, 15) is 0 Å². The van der Waals surface area contributed by atoms with Crippen molar-refractivity contribution < 1.29 is 0 Å². The van der Waals surface area contributed by atoms with Crippen LogP contribution in [-0.4, -0.2) is 0 Å². The molecule has 0 saturated carbocycles. The predicted octanol–water partition coefficient (Wildman–Crippen LogP) is 2.34. The SMILES string of the molecule is N#Cc1cc(N)c(Nc2ccccc2N)cc1C#N. The van der Waals surface area contributed by atoms with Crippen molar-refractivity contribution in [2.75, 3.05) is 16.8 Å². The molecule has 2 aromatic rings. The van der Waals surface area contributed by atoms with Gasteiger partial charge in [-0.2, -0.15) is 10.5 Å². The summed E-state index contributed by atoms with van der Waals surface area (Å²) in [5, 5.41) is 20.9. The fraction of sp³-hybridized carbons (Fsp3) is 0. The number of rotatable bonds is 2. The van der Waals surface area contributed by atoms with Crippen LogP contribution in [-0.2, 0) is 0 Å². The number of nitrogen functional groups attached to an aromatic ring is 2. The topological polar surface area (TPSA) is 112 Å². The van der Waals surface area contributed by atoms with Gasteiger partial charge in [0.2, 0.25) is 0 Å². The largest absolute Gasteiger partial charge is 0.397 e. The number of anilines is 4. The van der Waals surface area contributed by atoms with Crippen molar-refractivity contribution in [2.24, 2.45) is 0 Å². The summed E-state index contributed by atoms with van der Waals surface area (Å²) in [6.07, 6.45) is 0. The van der Waals surface area contributed by atoms with Gasteiger partial charge in [0.25, 0.3) is 0 Å². The van der Waals surface area contributed by atoms with E-state index in [1.165, 1.54) is 6.07 Å². The normalized spacial score (nSPS) is 9.37. The van der Waals surface area contributed by atoms with Crippen LogP contribution in [0.1, 0.15) is 11.1 Å². The van der Waals surface area contributed by atoms with Gasteiger partial charge in [0.15, 0.2) is 0 Å². The zero-order chi connectivity index (χ0) is 13.8. The number of nitriles is 2. The maximum Gasteiger partial charge on any atom is 0.101 e. The van der Waals surface area contributed by atoms with Crippen LogP contribution in [0.15, 0.2) is 36.4 Å². The Kier molecular flexibility index (Phi) is 3.22. The standard InChI is InChI=1S/C14H11N5/c15-7-9-5-12(18)14(6-10(9)8-16)19-13-4-2-1-3-11(13)17/h1-6,19H,17-18H2. The minimum Gasteiger partial charge on any atom is -0.397 e. The Balaban J connectivity index is 2.45. The average molecular weight is 249 g/mol.